The van der Waals surface area contributed by atoms with Crippen molar-refractivity contribution < 1.29 is 0 Å². The predicted molar refractivity (Wildman–Crippen MR) is 120 cm³/mol. The van der Waals surface area contributed by atoms with Crippen LogP contribution in [0.25, 0.3) is 0 Å². The lowest BCUT2D eigenvalue weighted by Crippen LogP contribution is -1.84. The number of unbranched alkanes of at least 4 members (excludes halogenated alkanes) is 19. The van der Waals surface area contributed by atoms with Crippen molar-refractivity contribution in [1.29, 1.82) is 0 Å². The van der Waals surface area contributed by atoms with Crippen molar-refractivity contribution in [2.45, 2.75) is 128 Å². The molecule has 0 heterocycles. The van der Waals surface area contributed by atoms with Crippen LogP contribution in [0.3, 0.4) is 0 Å². The van der Waals surface area contributed by atoms with Gasteiger partial charge >= 0.3 is 0 Å². The average Bonchev–Trinajstić information content (AvgIpc) is 2.60. The standard InChI is InChI=1S/C22H46S2/c23-21-19-17-15-13-11-9-7-5-3-1-2-4-6-8-10-12-14-16-18-20-22-24/h23-24H,1-22H2. The molecule has 2 heteroatoms. The summed E-state index contributed by atoms with van der Waals surface area (Å²) in [7, 11) is 0. The predicted octanol–water partition coefficient (Wildman–Crippen LogP) is 8.65. The van der Waals surface area contributed by atoms with Crippen LogP contribution in [0, 0.1) is 0 Å². The average molecular weight is 375 g/mol. The maximum absolute atomic E-state index is 4.26. The van der Waals surface area contributed by atoms with Crippen LogP contribution in [0.15, 0.2) is 0 Å². The normalized spacial score (nSPS) is 11.2. The molecule has 0 aliphatic heterocycles. The van der Waals surface area contributed by atoms with Crippen molar-refractivity contribution in [2.24, 2.45) is 0 Å². The highest BCUT2D eigenvalue weighted by molar-refractivity contribution is 7.80. The van der Waals surface area contributed by atoms with Crippen molar-refractivity contribution >= 4 is 25.3 Å². The van der Waals surface area contributed by atoms with Gasteiger partial charge in [0.2, 0.25) is 0 Å². The molecule has 0 spiro atoms. The van der Waals surface area contributed by atoms with Gasteiger partial charge in [-0.1, -0.05) is 116 Å². The third-order valence-corrected chi connectivity index (χ3v) is 5.70. The molecule has 0 fully saturated rings. The Morgan fingerprint density at radius 3 is 0.458 bits per heavy atom. The first-order valence-corrected chi connectivity index (χ1v) is 12.4. The van der Waals surface area contributed by atoms with Crippen LogP contribution < -0.4 is 0 Å². The molecule has 0 amide bonds. The summed E-state index contributed by atoms with van der Waals surface area (Å²) >= 11 is 8.52. The summed E-state index contributed by atoms with van der Waals surface area (Å²) in [6, 6.07) is 0. The van der Waals surface area contributed by atoms with Crippen LogP contribution in [-0.2, 0) is 0 Å². The highest BCUT2D eigenvalue weighted by Gasteiger charge is 1.95. The monoisotopic (exact) mass is 374 g/mol. The summed E-state index contributed by atoms with van der Waals surface area (Å²) in [5, 5.41) is 0. The maximum Gasteiger partial charge on any atom is -0.00979 e. The Morgan fingerprint density at radius 2 is 0.333 bits per heavy atom. The van der Waals surface area contributed by atoms with Crippen LogP contribution in [0.4, 0.5) is 0 Å². The van der Waals surface area contributed by atoms with E-state index in [4.69, 9.17) is 0 Å². The molecular weight excluding hydrogens is 328 g/mol. The molecule has 0 aliphatic rings. The highest BCUT2D eigenvalue weighted by atomic mass is 32.1. The molecule has 0 unspecified atom stereocenters. The molecule has 146 valence electrons. The molecule has 0 rings (SSSR count). The van der Waals surface area contributed by atoms with Gasteiger partial charge in [-0.25, -0.2) is 0 Å². The lowest BCUT2D eigenvalue weighted by atomic mass is 10.0. The van der Waals surface area contributed by atoms with Crippen molar-refractivity contribution in [3.63, 3.8) is 0 Å². The zero-order chi connectivity index (χ0) is 17.6. The van der Waals surface area contributed by atoms with Crippen LogP contribution in [0.2, 0.25) is 0 Å². The summed E-state index contributed by atoms with van der Waals surface area (Å²) in [6.07, 6.45) is 28.8. The smallest absolute Gasteiger partial charge is 0.00979 e. The number of hydrogen-bond acceptors (Lipinski definition) is 2. The van der Waals surface area contributed by atoms with Gasteiger partial charge in [-0.05, 0) is 24.3 Å². The molecule has 0 saturated carbocycles. The molecule has 0 saturated heterocycles. The summed E-state index contributed by atoms with van der Waals surface area (Å²) in [4.78, 5) is 0. The topological polar surface area (TPSA) is 0 Å². The van der Waals surface area contributed by atoms with E-state index in [1.54, 1.807) is 0 Å². The van der Waals surface area contributed by atoms with Crippen LogP contribution in [0.5, 0.6) is 0 Å². The minimum Gasteiger partial charge on any atom is -0.179 e. The van der Waals surface area contributed by atoms with E-state index in [0.29, 0.717) is 0 Å². The van der Waals surface area contributed by atoms with E-state index in [2.05, 4.69) is 25.3 Å². The highest BCUT2D eigenvalue weighted by Crippen LogP contribution is 2.14. The SMILES string of the molecule is SCCCCCCCCCCCCCCCCCCCCCCS. The number of rotatable bonds is 21. The minimum absolute atomic E-state index is 1.07. The van der Waals surface area contributed by atoms with Crippen molar-refractivity contribution in [1.82, 2.24) is 0 Å². The Kier molecular flexibility index (Phi) is 24.4. The van der Waals surface area contributed by atoms with Gasteiger partial charge in [-0.3, -0.25) is 0 Å². The molecule has 0 aromatic rings. The molecule has 0 aromatic heterocycles. The van der Waals surface area contributed by atoms with E-state index < -0.39 is 0 Å². The second kappa shape index (κ2) is 23.7. The first kappa shape index (κ1) is 24.7. The first-order chi connectivity index (χ1) is 11.9. The molecular formula is C22H46S2. The van der Waals surface area contributed by atoms with Crippen molar-refractivity contribution in [3.8, 4) is 0 Å². The van der Waals surface area contributed by atoms with Crippen molar-refractivity contribution in [2.75, 3.05) is 11.5 Å². The molecule has 0 atom stereocenters. The van der Waals surface area contributed by atoms with Gasteiger partial charge in [0.05, 0.1) is 0 Å². The molecule has 0 N–H and O–H groups in total. The van der Waals surface area contributed by atoms with E-state index in [9.17, 15) is 0 Å². The zero-order valence-corrected chi connectivity index (χ0v) is 18.2. The van der Waals surface area contributed by atoms with Crippen LogP contribution in [0.1, 0.15) is 128 Å². The van der Waals surface area contributed by atoms with Gasteiger partial charge in [-0.15, -0.1) is 0 Å². The van der Waals surface area contributed by atoms with Gasteiger partial charge in [0, 0.05) is 0 Å². The Hall–Kier alpha value is 0.700. The second-order valence-electron chi connectivity index (χ2n) is 7.52. The van der Waals surface area contributed by atoms with E-state index in [1.807, 2.05) is 0 Å². The largest absolute Gasteiger partial charge is 0.179 e. The molecule has 0 nitrogen and oxygen atoms in total. The second-order valence-corrected chi connectivity index (χ2v) is 8.41. The van der Waals surface area contributed by atoms with Gasteiger partial charge in [0.1, 0.15) is 0 Å². The summed E-state index contributed by atoms with van der Waals surface area (Å²) < 4.78 is 0. The minimum atomic E-state index is 1.07. The third-order valence-electron chi connectivity index (χ3n) is 5.07. The molecule has 0 aliphatic carbocycles. The fraction of sp³-hybridized carbons (Fsp3) is 1.00. The van der Waals surface area contributed by atoms with E-state index in [1.165, 1.54) is 128 Å². The third kappa shape index (κ3) is 22.7. The molecule has 0 bridgehead atoms. The Bertz CT molecular complexity index is 184. The molecule has 0 aromatic carbocycles. The van der Waals surface area contributed by atoms with E-state index >= 15 is 0 Å². The quantitative estimate of drug-likeness (QED) is 0.146. The van der Waals surface area contributed by atoms with Gasteiger partial charge in [0.25, 0.3) is 0 Å². The number of thiol groups is 2. The van der Waals surface area contributed by atoms with E-state index in [-0.39, 0.29) is 0 Å². The summed E-state index contributed by atoms with van der Waals surface area (Å²) in [6.45, 7) is 0. The Morgan fingerprint density at radius 1 is 0.208 bits per heavy atom. The van der Waals surface area contributed by atoms with Crippen LogP contribution in [-0.4, -0.2) is 11.5 Å². The fourth-order valence-corrected chi connectivity index (χ4v) is 3.85. The Labute approximate surface area is 165 Å². The number of hydrogen-bond donors (Lipinski definition) is 2. The zero-order valence-electron chi connectivity index (χ0n) is 16.5. The van der Waals surface area contributed by atoms with Crippen LogP contribution >= 0.6 is 25.3 Å². The molecule has 24 heavy (non-hydrogen) atoms. The lowest BCUT2D eigenvalue weighted by molar-refractivity contribution is 0.523. The summed E-state index contributed by atoms with van der Waals surface area (Å²) in [5.41, 5.74) is 0. The Balaban J connectivity index is 2.93. The van der Waals surface area contributed by atoms with Gasteiger partial charge in [0.15, 0.2) is 0 Å². The van der Waals surface area contributed by atoms with Gasteiger partial charge in [-0.2, -0.15) is 25.3 Å². The molecule has 0 radical (unpaired) electrons. The lowest BCUT2D eigenvalue weighted by Gasteiger charge is -2.04. The maximum atomic E-state index is 4.26. The van der Waals surface area contributed by atoms with Crippen molar-refractivity contribution in [3.05, 3.63) is 0 Å². The van der Waals surface area contributed by atoms with E-state index in [0.717, 1.165) is 11.5 Å². The summed E-state index contributed by atoms with van der Waals surface area (Å²) in [5.74, 6) is 2.13. The first-order valence-electron chi connectivity index (χ1n) is 11.1. The van der Waals surface area contributed by atoms with Gasteiger partial charge < -0.3 is 0 Å². The fourth-order valence-electron chi connectivity index (χ4n) is 3.41.